The molecule has 0 bridgehead atoms. The molecule has 1 spiro atoms. The summed E-state index contributed by atoms with van der Waals surface area (Å²) in [5.74, 6) is -2.76. The van der Waals surface area contributed by atoms with Gasteiger partial charge in [0.15, 0.2) is 5.60 Å². The highest BCUT2D eigenvalue weighted by Crippen LogP contribution is 2.58. The lowest BCUT2D eigenvalue weighted by Crippen LogP contribution is -2.43. The number of carbonyl (C=O) groups is 3. The van der Waals surface area contributed by atoms with Crippen LogP contribution in [0.4, 0.5) is 24.5 Å². The molecule has 0 saturated heterocycles. The van der Waals surface area contributed by atoms with E-state index < -0.39 is 30.4 Å². The Morgan fingerprint density at radius 3 is 1.90 bits per heavy atom. The Morgan fingerprint density at radius 2 is 1.38 bits per heavy atom. The Morgan fingerprint density at radius 1 is 0.857 bits per heavy atom. The van der Waals surface area contributed by atoms with Gasteiger partial charge < -0.3 is 18.9 Å². The van der Waals surface area contributed by atoms with Crippen LogP contribution in [0.1, 0.15) is 45.1 Å². The second kappa shape index (κ2) is 10.4. The van der Waals surface area contributed by atoms with Gasteiger partial charge in [0.25, 0.3) is 0 Å². The van der Waals surface area contributed by atoms with Crippen molar-refractivity contribution in [3.8, 4) is 11.5 Å². The van der Waals surface area contributed by atoms with Crippen molar-refractivity contribution in [3.63, 3.8) is 0 Å². The number of carbonyl (C=O) groups excluding carboxylic acids is 3. The minimum atomic E-state index is -5.17. The zero-order chi connectivity index (χ0) is 30.6. The van der Waals surface area contributed by atoms with Crippen molar-refractivity contribution in [2.75, 3.05) is 37.5 Å². The minimum absolute atomic E-state index is 0.0522. The standard InChI is InChI=1S/C30H27F3N2O7/c1-16-10-21-25(12-23(16)34(14-39-4)18(3)36)41-26-13-24(35(15-40-5)28(38)30(31,32)33)17(2)11-22(26)29(21)20-9-7-6-8-19(20)27(37)42-29/h6-13H,14-15H2,1-5H3. The molecule has 0 aromatic heterocycles. The fourth-order valence-corrected chi connectivity index (χ4v) is 5.52. The third kappa shape index (κ3) is 4.47. The predicted octanol–water partition coefficient (Wildman–Crippen LogP) is 5.33. The maximum atomic E-state index is 13.5. The monoisotopic (exact) mass is 584 g/mol. The summed E-state index contributed by atoms with van der Waals surface area (Å²) in [5.41, 5.74) is 1.42. The number of hydrogen-bond acceptors (Lipinski definition) is 7. The number of nitrogens with zero attached hydrogens (tertiary/aromatic N) is 2. The maximum Gasteiger partial charge on any atom is 0.471 e. The van der Waals surface area contributed by atoms with Crippen LogP contribution in [-0.2, 0) is 29.4 Å². The minimum Gasteiger partial charge on any atom is -0.456 e. The van der Waals surface area contributed by atoms with E-state index in [9.17, 15) is 27.6 Å². The van der Waals surface area contributed by atoms with Crippen LogP contribution in [0, 0.1) is 13.8 Å². The molecule has 0 aliphatic carbocycles. The number of aryl methyl sites for hydroxylation is 2. The SMILES string of the molecule is COCN(C(C)=O)c1cc2c(cc1C)C1(OC(=O)c3ccccc31)c1cc(C)c(N(COC)C(=O)C(F)(F)F)cc1O2. The van der Waals surface area contributed by atoms with E-state index in [1.165, 1.54) is 39.0 Å². The Kier molecular flexibility index (Phi) is 7.23. The number of rotatable bonds is 6. The number of hydrogen-bond donors (Lipinski definition) is 0. The Hall–Kier alpha value is -4.42. The molecule has 1 atom stereocenters. The number of methoxy groups -OCH3 is 2. The summed E-state index contributed by atoms with van der Waals surface area (Å²) in [5, 5.41) is 0. The molecule has 0 fully saturated rings. The van der Waals surface area contributed by atoms with Gasteiger partial charge in [0, 0.05) is 50.0 Å². The molecule has 2 aliphatic rings. The molecule has 9 nitrogen and oxygen atoms in total. The molecule has 0 radical (unpaired) electrons. The lowest BCUT2D eigenvalue weighted by atomic mass is 9.76. The maximum absolute atomic E-state index is 13.5. The highest BCUT2D eigenvalue weighted by molar-refractivity contribution is 5.99. The average Bonchev–Trinajstić information content (AvgIpc) is 3.23. The van der Waals surface area contributed by atoms with Gasteiger partial charge in [-0.25, -0.2) is 4.79 Å². The quantitative estimate of drug-likeness (QED) is 0.286. The first kappa shape index (κ1) is 29.1. The average molecular weight is 585 g/mol. The number of amides is 2. The first-order valence-electron chi connectivity index (χ1n) is 12.8. The van der Waals surface area contributed by atoms with Gasteiger partial charge in [-0.1, -0.05) is 18.2 Å². The third-order valence-electron chi connectivity index (χ3n) is 7.31. The van der Waals surface area contributed by atoms with Gasteiger partial charge in [-0.2, -0.15) is 13.2 Å². The van der Waals surface area contributed by atoms with E-state index >= 15 is 0 Å². The number of fused-ring (bicyclic) bond motifs is 6. The lowest BCUT2D eigenvalue weighted by Gasteiger charge is -2.38. The molecule has 220 valence electrons. The van der Waals surface area contributed by atoms with Crippen LogP contribution in [0.3, 0.4) is 0 Å². The number of esters is 1. The largest absolute Gasteiger partial charge is 0.471 e. The second-order valence-corrected chi connectivity index (χ2v) is 10.0. The summed E-state index contributed by atoms with van der Waals surface area (Å²) >= 11 is 0. The van der Waals surface area contributed by atoms with Crippen LogP contribution in [0.25, 0.3) is 0 Å². The van der Waals surface area contributed by atoms with Crippen LogP contribution in [0.5, 0.6) is 11.5 Å². The summed E-state index contributed by atoms with van der Waals surface area (Å²) in [6.07, 6.45) is -5.17. The van der Waals surface area contributed by atoms with E-state index in [-0.39, 0.29) is 35.4 Å². The summed E-state index contributed by atoms with van der Waals surface area (Å²) in [6.45, 7) is 3.97. The summed E-state index contributed by atoms with van der Waals surface area (Å²) < 4.78 is 63.2. The molecular formula is C30H27F3N2O7. The van der Waals surface area contributed by atoms with Crippen molar-refractivity contribution in [2.24, 2.45) is 0 Å². The van der Waals surface area contributed by atoms with E-state index in [4.69, 9.17) is 18.9 Å². The van der Waals surface area contributed by atoms with E-state index in [1.54, 1.807) is 49.4 Å². The van der Waals surface area contributed by atoms with Gasteiger partial charge >= 0.3 is 18.1 Å². The normalized spacial score (nSPS) is 16.7. The molecule has 2 amide bonds. The van der Waals surface area contributed by atoms with Crippen LogP contribution in [0.15, 0.2) is 48.5 Å². The summed E-state index contributed by atoms with van der Waals surface area (Å²) in [7, 11) is 2.61. The van der Waals surface area contributed by atoms with Crippen LogP contribution in [-0.4, -0.2) is 51.6 Å². The van der Waals surface area contributed by atoms with Crippen molar-refractivity contribution in [3.05, 3.63) is 81.9 Å². The van der Waals surface area contributed by atoms with Crippen LogP contribution >= 0.6 is 0 Å². The van der Waals surface area contributed by atoms with Gasteiger partial charge in [0.1, 0.15) is 25.0 Å². The molecule has 2 heterocycles. The van der Waals surface area contributed by atoms with E-state index in [0.29, 0.717) is 38.4 Å². The van der Waals surface area contributed by atoms with E-state index in [0.717, 1.165) is 0 Å². The number of benzene rings is 3. The van der Waals surface area contributed by atoms with E-state index in [2.05, 4.69) is 0 Å². The fourth-order valence-electron chi connectivity index (χ4n) is 5.52. The summed E-state index contributed by atoms with van der Waals surface area (Å²) in [6, 6.07) is 13.0. The zero-order valence-corrected chi connectivity index (χ0v) is 23.4. The molecule has 3 aromatic carbocycles. The zero-order valence-electron chi connectivity index (χ0n) is 23.4. The number of ether oxygens (including phenoxy) is 4. The Bertz CT molecular complexity index is 1620. The lowest BCUT2D eigenvalue weighted by molar-refractivity contribution is -0.171. The molecule has 5 rings (SSSR count). The number of halogens is 3. The van der Waals surface area contributed by atoms with Crippen molar-refractivity contribution in [2.45, 2.75) is 32.5 Å². The molecule has 0 saturated carbocycles. The highest BCUT2D eigenvalue weighted by Gasteiger charge is 2.54. The smallest absolute Gasteiger partial charge is 0.456 e. The third-order valence-corrected chi connectivity index (χ3v) is 7.31. The number of anilines is 2. The van der Waals surface area contributed by atoms with Crippen molar-refractivity contribution >= 4 is 29.2 Å². The van der Waals surface area contributed by atoms with Crippen LogP contribution in [0.2, 0.25) is 0 Å². The molecular weight excluding hydrogens is 557 g/mol. The van der Waals surface area contributed by atoms with Crippen molar-refractivity contribution in [1.82, 2.24) is 0 Å². The highest BCUT2D eigenvalue weighted by atomic mass is 19.4. The Labute approximate surface area is 239 Å². The first-order chi connectivity index (χ1) is 19.8. The van der Waals surface area contributed by atoms with Gasteiger partial charge in [-0.15, -0.1) is 0 Å². The first-order valence-corrected chi connectivity index (χ1v) is 12.8. The fraction of sp³-hybridized carbons (Fsp3) is 0.300. The molecule has 2 aliphatic heterocycles. The number of alkyl halides is 3. The molecule has 12 heteroatoms. The Balaban J connectivity index is 1.79. The van der Waals surface area contributed by atoms with Gasteiger partial charge in [-0.05, 0) is 43.2 Å². The van der Waals surface area contributed by atoms with Gasteiger partial charge in [0.2, 0.25) is 5.91 Å². The van der Waals surface area contributed by atoms with Gasteiger partial charge in [-0.3, -0.25) is 19.4 Å². The second-order valence-electron chi connectivity index (χ2n) is 10.0. The molecule has 0 N–H and O–H groups in total. The molecule has 3 aromatic rings. The molecule has 42 heavy (non-hydrogen) atoms. The van der Waals surface area contributed by atoms with Crippen LogP contribution < -0.4 is 14.5 Å². The van der Waals surface area contributed by atoms with Crippen molar-refractivity contribution in [1.29, 1.82) is 0 Å². The van der Waals surface area contributed by atoms with Gasteiger partial charge in [0.05, 0.1) is 16.9 Å². The molecule has 1 unspecified atom stereocenters. The van der Waals surface area contributed by atoms with E-state index in [1.807, 2.05) is 0 Å². The topological polar surface area (TPSA) is 94.6 Å². The summed E-state index contributed by atoms with van der Waals surface area (Å²) in [4.78, 5) is 39.9. The van der Waals surface area contributed by atoms with Crippen molar-refractivity contribution < 1.29 is 46.5 Å². The predicted molar refractivity (Wildman–Crippen MR) is 145 cm³/mol.